The minimum absolute atomic E-state index is 0.136. The van der Waals surface area contributed by atoms with E-state index in [-0.39, 0.29) is 17.7 Å². The Labute approximate surface area is 101 Å². The second-order valence-corrected chi connectivity index (χ2v) is 4.73. The molecule has 0 saturated carbocycles. The summed E-state index contributed by atoms with van der Waals surface area (Å²) in [5.41, 5.74) is 0.204. The molecule has 3 heteroatoms. The van der Waals surface area contributed by atoms with Crippen molar-refractivity contribution in [3.05, 3.63) is 35.9 Å². The van der Waals surface area contributed by atoms with Crippen LogP contribution in [0.3, 0.4) is 0 Å². The van der Waals surface area contributed by atoms with Gasteiger partial charge in [-0.25, -0.2) is 0 Å². The number of hydrogen-bond acceptors (Lipinski definition) is 2. The number of carbonyl (C=O) groups excluding carboxylic acids is 2. The van der Waals surface area contributed by atoms with Crippen molar-refractivity contribution in [1.82, 2.24) is 5.32 Å². The van der Waals surface area contributed by atoms with Gasteiger partial charge in [-0.3, -0.25) is 14.9 Å². The number of imide groups is 1. The van der Waals surface area contributed by atoms with E-state index in [9.17, 15) is 9.59 Å². The number of rotatable bonds is 3. The summed E-state index contributed by atoms with van der Waals surface area (Å²) in [5, 5.41) is 2.46. The van der Waals surface area contributed by atoms with Crippen LogP contribution in [0.4, 0.5) is 0 Å². The predicted molar refractivity (Wildman–Crippen MR) is 65.3 cm³/mol. The molecular formula is C14H17NO2. The molecule has 0 aromatic heterocycles. The van der Waals surface area contributed by atoms with Crippen LogP contribution in [0.15, 0.2) is 30.3 Å². The van der Waals surface area contributed by atoms with E-state index in [1.165, 1.54) is 0 Å². The largest absolute Gasteiger partial charge is 0.295 e. The monoisotopic (exact) mass is 231 g/mol. The topological polar surface area (TPSA) is 46.2 Å². The van der Waals surface area contributed by atoms with Crippen LogP contribution in [-0.4, -0.2) is 11.8 Å². The molecule has 1 aromatic rings. The maximum Gasteiger partial charge on any atom is 0.237 e. The minimum Gasteiger partial charge on any atom is -0.295 e. The molecule has 1 aliphatic heterocycles. The summed E-state index contributed by atoms with van der Waals surface area (Å²) in [6, 6.07) is 9.55. The van der Waals surface area contributed by atoms with Gasteiger partial charge in [0, 0.05) is 0 Å². The van der Waals surface area contributed by atoms with Crippen molar-refractivity contribution in [2.24, 2.45) is 5.92 Å². The van der Waals surface area contributed by atoms with E-state index in [2.05, 4.69) is 5.32 Å². The molecule has 0 radical (unpaired) electrons. The third kappa shape index (κ3) is 1.75. The normalized spacial score (nSPS) is 28.2. The summed E-state index contributed by atoms with van der Waals surface area (Å²) in [6.07, 6.45) is 1.64. The zero-order chi connectivity index (χ0) is 12.5. The smallest absolute Gasteiger partial charge is 0.237 e. The highest BCUT2D eigenvalue weighted by molar-refractivity contribution is 6.10. The summed E-state index contributed by atoms with van der Waals surface area (Å²) in [7, 11) is 0. The summed E-state index contributed by atoms with van der Waals surface area (Å²) in [6.45, 7) is 3.89. The molecule has 0 spiro atoms. The Bertz CT molecular complexity index is 441. The van der Waals surface area contributed by atoms with E-state index >= 15 is 0 Å². The Morgan fingerprint density at radius 3 is 2.47 bits per heavy atom. The van der Waals surface area contributed by atoms with E-state index < -0.39 is 5.41 Å². The number of amides is 2. The Kier molecular flexibility index (Phi) is 3.01. The quantitative estimate of drug-likeness (QED) is 0.809. The molecule has 1 saturated heterocycles. The molecule has 3 nitrogen and oxygen atoms in total. The van der Waals surface area contributed by atoms with Crippen molar-refractivity contribution in [3.63, 3.8) is 0 Å². The molecular weight excluding hydrogens is 214 g/mol. The van der Waals surface area contributed by atoms with Crippen molar-refractivity contribution in [2.45, 2.75) is 32.1 Å². The molecule has 1 fully saturated rings. The highest BCUT2D eigenvalue weighted by Crippen LogP contribution is 2.39. The minimum atomic E-state index is -0.714. The Morgan fingerprint density at radius 1 is 1.24 bits per heavy atom. The molecule has 0 aliphatic carbocycles. The highest BCUT2D eigenvalue weighted by atomic mass is 16.2. The van der Waals surface area contributed by atoms with Crippen LogP contribution in [0, 0.1) is 5.92 Å². The Hall–Kier alpha value is -1.64. The lowest BCUT2D eigenvalue weighted by Crippen LogP contribution is -2.36. The van der Waals surface area contributed by atoms with Crippen LogP contribution in [0.5, 0.6) is 0 Å². The van der Waals surface area contributed by atoms with Crippen LogP contribution in [0.25, 0.3) is 0 Å². The fourth-order valence-electron chi connectivity index (χ4n) is 2.57. The molecule has 17 heavy (non-hydrogen) atoms. The fourth-order valence-corrected chi connectivity index (χ4v) is 2.57. The first kappa shape index (κ1) is 11.8. The van der Waals surface area contributed by atoms with Crippen molar-refractivity contribution in [3.8, 4) is 0 Å². The first-order valence-electron chi connectivity index (χ1n) is 6.01. The van der Waals surface area contributed by atoms with Gasteiger partial charge in [0.15, 0.2) is 0 Å². The van der Waals surface area contributed by atoms with Gasteiger partial charge in [-0.2, -0.15) is 0 Å². The van der Waals surface area contributed by atoms with Crippen molar-refractivity contribution in [2.75, 3.05) is 0 Å². The van der Waals surface area contributed by atoms with Crippen LogP contribution in [0.1, 0.15) is 32.3 Å². The van der Waals surface area contributed by atoms with Crippen LogP contribution >= 0.6 is 0 Å². The van der Waals surface area contributed by atoms with Crippen LogP contribution in [-0.2, 0) is 15.0 Å². The lowest BCUT2D eigenvalue weighted by atomic mass is 9.72. The number of benzene rings is 1. The third-order valence-electron chi connectivity index (χ3n) is 3.67. The molecule has 0 bridgehead atoms. The second kappa shape index (κ2) is 4.32. The standard InChI is InChI=1S/C14H17NO2/c1-3-7-11-12(16)15-13(17)14(11,2)10-8-5-4-6-9-10/h4-6,8-9,11H,3,7H2,1-2H3,(H,15,16,17)/t11-,14+/m0/s1. The van der Waals surface area contributed by atoms with Gasteiger partial charge >= 0.3 is 0 Å². The van der Waals surface area contributed by atoms with Gasteiger partial charge in [0.1, 0.15) is 0 Å². The molecule has 1 N–H and O–H groups in total. The van der Waals surface area contributed by atoms with Crippen molar-refractivity contribution >= 4 is 11.8 Å². The highest BCUT2D eigenvalue weighted by Gasteiger charge is 2.52. The van der Waals surface area contributed by atoms with E-state index in [4.69, 9.17) is 0 Å². The van der Waals surface area contributed by atoms with E-state index in [0.29, 0.717) is 0 Å². The van der Waals surface area contributed by atoms with Crippen molar-refractivity contribution in [1.29, 1.82) is 0 Å². The van der Waals surface area contributed by atoms with Gasteiger partial charge in [-0.15, -0.1) is 0 Å². The summed E-state index contributed by atoms with van der Waals surface area (Å²) in [5.74, 6) is -0.558. The Balaban J connectivity index is 2.46. The average Bonchev–Trinajstić information content (AvgIpc) is 2.55. The first-order valence-corrected chi connectivity index (χ1v) is 6.01. The molecule has 1 heterocycles. The maximum absolute atomic E-state index is 12.1. The van der Waals surface area contributed by atoms with Gasteiger partial charge < -0.3 is 0 Å². The molecule has 90 valence electrons. The number of hydrogen-bond donors (Lipinski definition) is 1. The van der Waals surface area contributed by atoms with Gasteiger partial charge in [-0.05, 0) is 18.9 Å². The molecule has 1 aliphatic rings. The van der Waals surface area contributed by atoms with Crippen molar-refractivity contribution < 1.29 is 9.59 Å². The zero-order valence-electron chi connectivity index (χ0n) is 10.2. The molecule has 0 unspecified atom stereocenters. The summed E-state index contributed by atoms with van der Waals surface area (Å²) in [4.78, 5) is 23.9. The van der Waals surface area contributed by atoms with Gasteiger partial charge in [0.05, 0.1) is 11.3 Å². The number of carbonyl (C=O) groups is 2. The SMILES string of the molecule is CCC[C@H]1C(=O)NC(=O)[C@]1(C)c1ccccc1. The average molecular weight is 231 g/mol. The van der Waals surface area contributed by atoms with E-state index in [1.807, 2.05) is 44.2 Å². The lowest BCUT2D eigenvalue weighted by Gasteiger charge is -2.27. The van der Waals surface area contributed by atoms with Gasteiger partial charge in [0.25, 0.3) is 0 Å². The Morgan fingerprint density at radius 2 is 1.88 bits per heavy atom. The molecule has 1 aromatic carbocycles. The first-order chi connectivity index (χ1) is 8.10. The third-order valence-corrected chi connectivity index (χ3v) is 3.67. The fraction of sp³-hybridized carbons (Fsp3) is 0.429. The summed E-state index contributed by atoms with van der Waals surface area (Å²) < 4.78 is 0. The predicted octanol–water partition coefficient (Wildman–Crippen LogP) is 2.02. The summed E-state index contributed by atoms with van der Waals surface area (Å²) >= 11 is 0. The van der Waals surface area contributed by atoms with E-state index in [1.54, 1.807) is 0 Å². The zero-order valence-corrected chi connectivity index (χ0v) is 10.2. The number of nitrogens with one attached hydrogen (secondary N) is 1. The van der Waals surface area contributed by atoms with E-state index in [0.717, 1.165) is 18.4 Å². The van der Waals surface area contributed by atoms with Crippen LogP contribution in [0.2, 0.25) is 0 Å². The molecule has 2 atom stereocenters. The maximum atomic E-state index is 12.1. The molecule has 2 amide bonds. The molecule has 2 rings (SSSR count). The lowest BCUT2D eigenvalue weighted by molar-refractivity contribution is -0.126. The second-order valence-electron chi connectivity index (χ2n) is 4.73. The van der Waals surface area contributed by atoms with Crippen LogP contribution < -0.4 is 5.32 Å². The van der Waals surface area contributed by atoms with Gasteiger partial charge in [0.2, 0.25) is 11.8 Å². The van der Waals surface area contributed by atoms with Gasteiger partial charge in [-0.1, -0.05) is 43.7 Å².